The van der Waals surface area contributed by atoms with Crippen LogP contribution in [0.4, 0.5) is 22.0 Å². The number of imidazole rings is 1. The van der Waals surface area contributed by atoms with Gasteiger partial charge in [-0.2, -0.15) is 0 Å². The molecule has 0 amide bonds. The first-order valence-electron chi connectivity index (χ1n) is 4.46. The first-order chi connectivity index (χ1) is 7.93. The molecule has 0 fully saturated rings. The van der Waals surface area contributed by atoms with Crippen molar-refractivity contribution in [3.63, 3.8) is 0 Å². The average molecular weight is 248 g/mol. The van der Waals surface area contributed by atoms with Crippen LogP contribution in [0, 0.1) is 36.0 Å². The summed E-state index contributed by atoms with van der Waals surface area (Å²) in [6.45, 7) is 1.52. The maximum Gasteiger partial charge on any atom is 0.200 e. The van der Waals surface area contributed by atoms with Crippen LogP contribution in [0.5, 0.6) is 0 Å². The molecule has 0 bridgehead atoms. The van der Waals surface area contributed by atoms with E-state index in [2.05, 4.69) is 4.98 Å². The molecule has 0 spiro atoms. The van der Waals surface area contributed by atoms with Crippen LogP contribution >= 0.6 is 0 Å². The van der Waals surface area contributed by atoms with Gasteiger partial charge in [-0.1, -0.05) is 0 Å². The molecule has 1 heterocycles. The zero-order chi connectivity index (χ0) is 12.7. The van der Waals surface area contributed by atoms with Crippen molar-refractivity contribution in [2.45, 2.75) is 6.92 Å². The highest BCUT2D eigenvalue weighted by Crippen LogP contribution is 2.25. The van der Waals surface area contributed by atoms with E-state index in [1.165, 1.54) is 6.92 Å². The van der Waals surface area contributed by atoms with Crippen LogP contribution in [0.15, 0.2) is 12.5 Å². The largest absolute Gasteiger partial charge is 0.301 e. The third kappa shape index (κ3) is 1.67. The lowest BCUT2D eigenvalue weighted by Crippen LogP contribution is -2.08. The summed E-state index contributed by atoms with van der Waals surface area (Å²) in [5.74, 6) is -9.92. The maximum atomic E-state index is 13.3. The summed E-state index contributed by atoms with van der Waals surface area (Å²) in [5.41, 5.74) is -0.657. The molecule has 0 radical (unpaired) electrons. The molecule has 2 rings (SSSR count). The fourth-order valence-electron chi connectivity index (χ4n) is 1.36. The Morgan fingerprint density at radius 3 is 1.76 bits per heavy atom. The van der Waals surface area contributed by atoms with Gasteiger partial charge in [-0.3, -0.25) is 0 Å². The van der Waals surface area contributed by atoms with Crippen LogP contribution in [0.25, 0.3) is 5.69 Å². The Hall–Kier alpha value is -1.92. The Bertz CT molecular complexity index is 562. The molecule has 0 aliphatic heterocycles. The molecule has 17 heavy (non-hydrogen) atoms. The van der Waals surface area contributed by atoms with Gasteiger partial charge < -0.3 is 4.57 Å². The van der Waals surface area contributed by atoms with Gasteiger partial charge in [-0.15, -0.1) is 0 Å². The number of aryl methyl sites for hydroxylation is 1. The van der Waals surface area contributed by atoms with E-state index < -0.39 is 34.8 Å². The molecule has 0 saturated heterocycles. The fraction of sp³-hybridized carbons (Fsp3) is 0.100. The molecule has 0 unspecified atom stereocenters. The first kappa shape index (κ1) is 11.6. The van der Waals surface area contributed by atoms with Gasteiger partial charge in [0.05, 0.1) is 12.0 Å². The van der Waals surface area contributed by atoms with E-state index in [-0.39, 0.29) is 0 Å². The highest BCUT2D eigenvalue weighted by Gasteiger charge is 2.26. The molecule has 7 heteroatoms. The molecule has 0 N–H and O–H groups in total. The second-order valence-electron chi connectivity index (χ2n) is 3.34. The molecular formula is C10H5F5N2. The van der Waals surface area contributed by atoms with E-state index >= 15 is 0 Å². The third-order valence-corrected chi connectivity index (χ3v) is 2.16. The van der Waals surface area contributed by atoms with Crippen molar-refractivity contribution in [1.29, 1.82) is 0 Å². The van der Waals surface area contributed by atoms with E-state index in [0.717, 1.165) is 17.1 Å². The smallest absolute Gasteiger partial charge is 0.200 e. The molecule has 90 valence electrons. The maximum absolute atomic E-state index is 13.3. The molecule has 0 aliphatic carbocycles. The normalized spacial score (nSPS) is 10.9. The van der Waals surface area contributed by atoms with Gasteiger partial charge in [0.1, 0.15) is 5.69 Å². The summed E-state index contributed by atoms with van der Waals surface area (Å²) in [7, 11) is 0. The summed E-state index contributed by atoms with van der Waals surface area (Å²) in [5, 5.41) is 0. The van der Waals surface area contributed by atoms with Crippen LogP contribution < -0.4 is 0 Å². The fourth-order valence-corrected chi connectivity index (χ4v) is 1.36. The van der Waals surface area contributed by atoms with E-state index in [4.69, 9.17) is 0 Å². The Balaban J connectivity index is 2.78. The van der Waals surface area contributed by atoms with Gasteiger partial charge >= 0.3 is 0 Å². The summed E-state index contributed by atoms with van der Waals surface area (Å²) in [4.78, 5) is 3.65. The van der Waals surface area contributed by atoms with Crippen molar-refractivity contribution in [2.75, 3.05) is 0 Å². The zero-order valence-corrected chi connectivity index (χ0v) is 8.44. The highest BCUT2D eigenvalue weighted by molar-refractivity contribution is 5.37. The second-order valence-corrected chi connectivity index (χ2v) is 3.34. The Kier molecular flexibility index (Phi) is 2.60. The monoisotopic (exact) mass is 248 g/mol. The van der Waals surface area contributed by atoms with Gasteiger partial charge in [0.2, 0.25) is 5.82 Å². The van der Waals surface area contributed by atoms with Gasteiger partial charge in [-0.25, -0.2) is 26.9 Å². The number of nitrogens with zero attached hydrogens (tertiary/aromatic N) is 2. The first-order valence-corrected chi connectivity index (χ1v) is 4.46. The van der Waals surface area contributed by atoms with E-state index in [9.17, 15) is 22.0 Å². The predicted molar refractivity (Wildman–Crippen MR) is 48.1 cm³/mol. The van der Waals surface area contributed by atoms with Gasteiger partial charge in [-0.05, 0) is 6.92 Å². The van der Waals surface area contributed by atoms with E-state index in [1.54, 1.807) is 0 Å². The minimum Gasteiger partial charge on any atom is -0.301 e. The van der Waals surface area contributed by atoms with Crippen molar-refractivity contribution in [3.8, 4) is 5.69 Å². The number of rotatable bonds is 1. The average Bonchev–Trinajstić information content (AvgIpc) is 2.71. The van der Waals surface area contributed by atoms with Crippen molar-refractivity contribution >= 4 is 0 Å². The second kappa shape index (κ2) is 3.83. The van der Waals surface area contributed by atoms with Crippen LogP contribution in [0.2, 0.25) is 0 Å². The van der Waals surface area contributed by atoms with Crippen LogP contribution in [-0.4, -0.2) is 9.55 Å². The van der Waals surface area contributed by atoms with Gasteiger partial charge in [0, 0.05) is 6.20 Å². The zero-order valence-electron chi connectivity index (χ0n) is 8.44. The molecule has 1 aromatic heterocycles. The van der Waals surface area contributed by atoms with E-state index in [1.807, 2.05) is 0 Å². The molecular weight excluding hydrogens is 243 g/mol. The molecule has 0 atom stereocenters. The minimum atomic E-state index is -2.18. The minimum absolute atomic E-state index is 0.383. The lowest BCUT2D eigenvalue weighted by molar-refractivity contribution is 0.375. The SMILES string of the molecule is Cc1cn(-c2c(F)c(F)c(F)c(F)c2F)cn1. The van der Waals surface area contributed by atoms with Gasteiger partial charge in [0.15, 0.2) is 23.3 Å². The summed E-state index contributed by atoms with van der Waals surface area (Å²) < 4.78 is 66.0. The van der Waals surface area contributed by atoms with Crippen molar-refractivity contribution in [1.82, 2.24) is 9.55 Å². The Labute approximate surface area is 92.3 Å². The van der Waals surface area contributed by atoms with E-state index in [0.29, 0.717) is 5.69 Å². The summed E-state index contributed by atoms with van der Waals surface area (Å²) in [6, 6.07) is 0. The standard InChI is InChI=1S/C10H5F5N2/c1-4-2-17(3-16-4)10-8(14)6(12)5(11)7(13)9(10)15/h2-3H,1H3. The summed E-state index contributed by atoms with van der Waals surface area (Å²) >= 11 is 0. The number of hydrogen-bond acceptors (Lipinski definition) is 1. The summed E-state index contributed by atoms with van der Waals surface area (Å²) in [6.07, 6.45) is 2.12. The molecule has 0 saturated carbocycles. The lowest BCUT2D eigenvalue weighted by Gasteiger charge is -2.08. The number of halogens is 5. The Morgan fingerprint density at radius 1 is 0.882 bits per heavy atom. The molecule has 2 nitrogen and oxygen atoms in total. The molecule has 1 aromatic carbocycles. The third-order valence-electron chi connectivity index (χ3n) is 2.16. The van der Waals surface area contributed by atoms with Crippen molar-refractivity contribution < 1.29 is 22.0 Å². The van der Waals surface area contributed by atoms with Crippen LogP contribution in [0.1, 0.15) is 5.69 Å². The topological polar surface area (TPSA) is 17.8 Å². The number of benzene rings is 1. The van der Waals surface area contributed by atoms with Crippen molar-refractivity contribution in [2.24, 2.45) is 0 Å². The number of hydrogen-bond donors (Lipinski definition) is 0. The quantitative estimate of drug-likeness (QED) is 0.431. The van der Waals surface area contributed by atoms with Crippen LogP contribution in [0.3, 0.4) is 0 Å². The van der Waals surface area contributed by atoms with Gasteiger partial charge in [0.25, 0.3) is 0 Å². The molecule has 0 aliphatic rings. The number of aromatic nitrogens is 2. The molecule has 2 aromatic rings. The predicted octanol–water partition coefficient (Wildman–Crippen LogP) is 2.88. The Morgan fingerprint density at radius 2 is 1.35 bits per heavy atom. The lowest BCUT2D eigenvalue weighted by atomic mass is 10.2. The van der Waals surface area contributed by atoms with Crippen molar-refractivity contribution in [3.05, 3.63) is 47.3 Å². The van der Waals surface area contributed by atoms with Crippen LogP contribution in [-0.2, 0) is 0 Å². The highest BCUT2D eigenvalue weighted by atomic mass is 19.2.